The van der Waals surface area contributed by atoms with Crippen LogP contribution in [-0.4, -0.2) is 16.3 Å². The summed E-state index contributed by atoms with van der Waals surface area (Å²) in [6, 6.07) is 2.05. The molecule has 0 saturated carbocycles. The van der Waals surface area contributed by atoms with Crippen LogP contribution in [-0.2, 0) is 13.6 Å². The van der Waals surface area contributed by atoms with E-state index in [0.29, 0.717) is 0 Å². The minimum absolute atomic E-state index is 0.837. The van der Waals surface area contributed by atoms with Crippen LogP contribution in [0.4, 0.5) is 0 Å². The van der Waals surface area contributed by atoms with E-state index in [1.807, 2.05) is 31.6 Å². The number of nitrogens with zero attached hydrogens (tertiary/aromatic N) is 2. The predicted octanol–water partition coefficient (Wildman–Crippen LogP) is 2.41. The fraction of sp³-hybridized carbons (Fsp3) is 0.462. The van der Waals surface area contributed by atoms with Gasteiger partial charge in [0.2, 0.25) is 0 Å². The third kappa shape index (κ3) is 2.42. The van der Waals surface area contributed by atoms with Crippen LogP contribution in [0.25, 0.3) is 11.3 Å². The standard InChI is InChI=1S/C13H19N3O/c1-5-14-7-11-8-16(4)15-13(11)12-6-9(2)17-10(12)3/h6,8,14H,5,7H2,1-4H3. The quantitative estimate of drug-likeness (QED) is 0.881. The first-order chi connectivity index (χ1) is 8.11. The summed E-state index contributed by atoms with van der Waals surface area (Å²) in [5.74, 6) is 1.86. The van der Waals surface area contributed by atoms with E-state index in [-0.39, 0.29) is 0 Å². The number of rotatable bonds is 4. The van der Waals surface area contributed by atoms with Crippen LogP contribution in [0.3, 0.4) is 0 Å². The molecular weight excluding hydrogens is 214 g/mol. The Morgan fingerprint density at radius 1 is 1.41 bits per heavy atom. The summed E-state index contributed by atoms with van der Waals surface area (Å²) in [5.41, 5.74) is 3.32. The highest BCUT2D eigenvalue weighted by molar-refractivity contribution is 5.65. The molecule has 2 aromatic heterocycles. The second kappa shape index (κ2) is 4.75. The predicted molar refractivity (Wildman–Crippen MR) is 67.8 cm³/mol. The van der Waals surface area contributed by atoms with Crippen molar-refractivity contribution < 1.29 is 4.42 Å². The molecule has 0 atom stereocenters. The summed E-state index contributed by atoms with van der Waals surface area (Å²) in [6.45, 7) is 7.84. The SMILES string of the molecule is CCNCc1cn(C)nc1-c1cc(C)oc1C. The van der Waals surface area contributed by atoms with Crippen LogP contribution in [0, 0.1) is 13.8 Å². The van der Waals surface area contributed by atoms with Crippen LogP contribution >= 0.6 is 0 Å². The molecule has 4 nitrogen and oxygen atoms in total. The van der Waals surface area contributed by atoms with Crippen LogP contribution < -0.4 is 5.32 Å². The summed E-state index contributed by atoms with van der Waals surface area (Å²) >= 11 is 0. The van der Waals surface area contributed by atoms with Crippen molar-refractivity contribution in [1.29, 1.82) is 0 Å². The first-order valence-corrected chi connectivity index (χ1v) is 5.92. The van der Waals surface area contributed by atoms with Crippen molar-refractivity contribution in [3.63, 3.8) is 0 Å². The maximum atomic E-state index is 5.57. The van der Waals surface area contributed by atoms with Crippen LogP contribution in [0.15, 0.2) is 16.7 Å². The van der Waals surface area contributed by atoms with Gasteiger partial charge >= 0.3 is 0 Å². The molecule has 0 radical (unpaired) electrons. The molecule has 0 aliphatic rings. The molecule has 92 valence electrons. The molecule has 4 heteroatoms. The van der Waals surface area contributed by atoms with E-state index in [4.69, 9.17) is 4.42 Å². The number of aryl methyl sites for hydroxylation is 3. The summed E-state index contributed by atoms with van der Waals surface area (Å²) in [4.78, 5) is 0. The lowest BCUT2D eigenvalue weighted by Crippen LogP contribution is -2.11. The molecule has 0 saturated heterocycles. The highest BCUT2D eigenvalue weighted by Gasteiger charge is 2.14. The third-order valence-electron chi connectivity index (χ3n) is 2.77. The van der Waals surface area contributed by atoms with Crippen molar-refractivity contribution in [2.45, 2.75) is 27.3 Å². The summed E-state index contributed by atoms with van der Waals surface area (Å²) in [6.07, 6.45) is 2.06. The van der Waals surface area contributed by atoms with Gasteiger partial charge in [0.05, 0.1) is 0 Å². The van der Waals surface area contributed by atoms with Crippen molar-refractivity contribution in [1.82, 2.24) is 15.1 Å². The van der Waals surface area contributed by atoms with Gasteiger partial charge < -0.3 is 9.73 Å². The molecule has 0 amide bonds. The van der Waals surface area contributed by atoms with Crippen LogP contribution in [0.2, 0.25) is 0 Å². The lowest BCUT2D eigenvalue weighted by atomic mass is 10.1. The normalized spacial score (nSPS) is 11.1. The highest BCUT2D eigenvalue weighted by Crippen LogP contribution is 2.27. The van der Waals surface area contributed by atoms with Gasteiger partial charge in [0, 0.05) is 30.9 Å². The largest absolute Gasteiger partial charge is 0.466 e. The zero-order valence-electron chi connectivity index (χ0n) is 10.9. The van der Waals surface area contributed by atoms with Gasteiger partial charge in [-0.1, -0.05) is 6.92 Å². The van der Waals surface area contributed by atoms with Gasteiger partial charge in [0.1, 0.15) is 17.2 Å². The first kappa shape index (κ1) is 11.9. The Hall–Kier alpha value is -1.55. The van der Waals surface area contributed by atoms with E-state index in [9.17, 15) is 0 Å². The number of aromatic nitrogens is 2. The van der Waals surface area contributed by atoms with Gasteiger partial charge in [0.25, 0.3) is 0 Å². The van der Waals surface area contributed by atoms with E-state index in [0.717, 1.165) is 35.9 Å². The Bertz CT molecular complexity index is 511. The lowest BCUT2D eigenvalue weighted by Gasteiger charge is -2.01. The number of nitrogens with one attached hydrogen (secondary N) is 1. The zero-order chi connectivity index (χ0) is 12.4. The Kier molecular flexibility index (Phi) is 3.33. The van der Waals surface area contributed by atoms with Crippen LogP contribution in [0.1, 0.15) is 24.0 Å². The van der Waals surface area contributed by atoms with E-state index >= 15 is 0 Å². The molecule has 0 fully saturated rings. The average Bonchev–Trinajstić information content (AvgIpc) is 2.78. The second-order valence-electron chi connectivity index (χ2n) is 4.28. The van der Waals surface area contributed by atoms with Gasteiger partial charge in [-0.05, 0) is 26.5 Å². The molecule has 0 bridgehead atoms. The Balaban J connectivity index is 2.40. The van der Waals surface area contributed by atoms with Crippen molar-refractivity contribution in [2.75, 3.05) is 6.54 Å². The molecule has 0 aromatic carbocycles. The van der Waals surface area contributed by atoms with E-state index < -0.39 is 0 Å². The van der Waals surface area contributed by atoms with E-state index in [2.05, 4.69) is 23.5 Å². The van der Waals surface area contributed by atoms with Crippen molar-refractivity contribution in [2.24, 2.45) is 7.05 Å². The third-order valence-corrected chi connectivity index (χ3v) is 2.77. The fourth-order valence-corrected chi connectivity index (χ4v) is 2.02. The molecule has 2 rings (SSSR count). The van der Waals surface area contributed by atoms with E-state index in [1.54, 1.807) is 0 Å². The average molecular weight is 233 g/mol. The summed E-state index contributed by atoms with van der Waals surface area (Å²) in [5, 5.41) is 7.85. The molecule has 17 heavy (non-hydrogen) atoms. The van der Waals surface area contributed by atoms with Gasteiger partial charge in [-0.2, -0.15) is 5.10 Å². The summed E-state index contributed by atoms with van der Waals surface area (Å²) < 4.78 is 7.42. The van der Waals surface area contributed by atoms with E-state index in [1.165, 1.54) is 5.56 Å². The molecule has 2 aromatic rings. The molecule has 0 aliphatic heterocycles. The minimum atomic E-state index is 0.837. The fourth-order valence-electron chi connectivity index (χ4n) is 2.02. The molecular formula is C13H19N3O. The zero-order valence-corrected chi connectivity index (χ0v) is 10.9. The molecule has 2 heterocycles. The minimum Gasteiger partial charge on any atom is -0.466 e. The van der Waals surface area contributed by atoms with Gasteiger partial charge in [-0.3, -0.25) is 4.68 Å². The van der Waals surface area contributed by atoms with Crippen molar-refractivity contribution in [3.05, 3.63) is 29.3 Å². The number of furan rings is 1. The second-order valence-corrected chi connectivity index (χ2v) is 4.28. The maximum Gasteiger partial charge on any atom is 0.110 e. The van der Waals surface area contributed by atoms with Crippen LogP contribution in [0.5, 0.6) is 0 Å². The molecule has 0 unspecified atom stereocenters. The maximum absolute atomic E-state index is 5.57. The van der Waals surface area contributed by atoms with Gasteiger partial charge in [-0.15, -0.1) is 0 Å². The Morgan fingerprint density at radius 3 is 2.76 bits per heavy atom. The molecule has 0 spiro atoms. The van der Waals surface area contributed by atoms with Gasteiger partial charge in [-0.25, -0.2) is 0 Å². The topological polar surface area (TPSA) is 43.0 Å². The lowest BCUT2D eigenvalue weighted by molar-refractivity contribution is 0.505. The van der Waals surface area contributed by atoms with Crippen molar-refractivity contribution in [3.8, 4) is 11.3 Å². The first-order valence-electron chi connectivity index (χ1n) is 5.92. The summed E-state index contributed by atoms with van der Waals surface area (Å²) in [7, 11) is 1.95. The molecule has 1 N–H and O–H groups in total. The monoisotopic (exact) mass is 233 g/mol. The number of hydrogen-bond acceptors (Lipinski definition) is 3. The Morgan fingerprint density at radius 2 is 2.18 bits per heavy atom. The van der Waals surface area contributed by atoms with Gasteiger partial charge in [0.15, 0.2) is 0 Å². The van der Waals surface area contributed by atoms with Crippen molar-refractivity contribution >= 4 is 0 Å². The Labute approximate surface area is 102 Å². The molecule has 0 aliphatic carbocycles. The highest BCUT2D eigenvalue weighted by atomic mass is 16.3. The number of hydrogen-bond donors (Lipinski definition) is 1. The smallest absolute Gasteiger partial charge is 0.110 e.